The molecule has 3 rings (SSSR count). The van der Waals surface area contributed by atoms with Crippen LogP contribution in [0.5, 0.6) is 0 Å². The summed E-state index contributed by atoms with van der Waals surface area (Å²) in [4.78, 5) is 30.1. The minimum absolute atomic E-state index is 0.159. The van der Waals surface area contributed by atoms with Gasteiger partial charge in [0, 0.05) is 12.2 Å². The average molecular weight is 361 g/mol. The van der Waals surface area contributed by atoms with Crippen molar-refractivity contribution < 1.29 is 9.59 Å². The van der Waals surface area contributed by atoms with E-state index in [9.17, 15) is 9.59 Å². The number of imide groups is 1. The van der Waals surface area contributed by atoms with Crippen LogP contribution in [-0.4, -0.2) is 33.7 Å². The predicted molar refractivity (Wildman–Crippen MR) is 89.7 cm³/mol. The van der Waals surface area contributed by atoms with Gasteiger partial charge >= 0.3 is 0 Å². The number of rotatable bonds is 2. The van der Waals surface area contributed by atoms with Crippen LogP contribution in [0.15, 0.2) is 23.2 Å². The van der Waals surface area contributed by atoms with E-state index >= 15 is 0 Å². The Balaban J connectivity index is 1.85. The van der Waals surface area contributed by atoms with Crippen molar-refractivity contribution in [1.82, 2.24) is 0 Å². The molecule has 2 aliphatic rings. The van der Waals surface area contributed by atoms with Gasteiger partial charge in [-0.1, -0.05) is 52.8 Å². The third-order valence-electron chi connectivity index (χ3n) is 3.08. The number of benzene rings is 1. The highest BCUT2D eigenvalue weighted by Gasteiger charge is 2.41. The lowest BCUT2D eigenvalue weighted by Gasteiger charge is -2.16. The first-order chi connectivity index (χ1) is 10.1. The van der Waals surface area contributed by atoms with Gasteiger partial charge in [0.05, 0.1) is 22.3 Å². The minimum atomic E-state index is -0.433. The van der Waals surface area contributed by atoms with Crippen molar-refractivity contribution in [3.63, 3.8) is 0 Å². The normalized spacial score (nSPS) is 22.1. The number of aliphatic imine (C=N–C) groups is 1. The summed E-state index contributed by atoms with van der Waals surface area (Å²) in [6.45, 7) is 0.770. The molecule has 4 nitrogen and oxygen atoms in total. The van der Waals surface area contributed by atoms with E-state index in [0.29, 0.717) is 10.7 Å². The van der Waals surface area contributed by atoms with Crippen molar-refractivity contribution in [3.8, 4) is 0 Å². The zero-order valence-electron chi connectivity index (χ0n) is 10.7. The zero-order chi connectivity index (χ0) is 15.0. The minimum Gasteiger partial charge on any atom is -0.274 e. The molecule has 0 aromatic heterocycles. The fourth-order valence-electron chi connectivity index (χ4n) is 2.12. The fourth-order valence-corrected chi connectivity index (χ4v) is 4.75. The van der Waals surface area contributed by atoms with Crippen LogP contribution in [0.25, 0.3) is 0 Å². The largest absolute Gasteiger partial charge is 0.274 e. The number of thioether (sulfide) groups is 2. The number of hydrogen-bond donors (Lipinski definition) is 0. The van der Waals surface area contributed by atoms with Gasteiger partial charge < -0.3 is 0 Å². The molecule has 0 aliphatic carbocycles. The van der Waals surface area contributed by atoms with Gasteiger partial charge in [-0.3, -0.25) is 14.6 Å². The molecule has 2 amide bonds. The third kappa shape index (κ3) is 2.95. The van der Waals surface area contributed by atoms with Crippen molar-refractivity contribution in [1.29, 1.82) is 0 Å². The smallest absolute Gasteiger partial charge is 0.247 e. The molecule has 1 aromatic rings. The van der Waals surface area contributed by atoms with Crippen molar-refractivity contribution in [3.05, 3.63) is 28.2 Å². The third-order valence-corrected chi connectivity index (χ3v) is 6.28. The Kier molecular flexibility index (Phi) is 4.49. The second-order valence-electron chi connectivity index (χ2n) is 4.45. The molecule has 0 saturated carbocycles. The fraction of sp³-hybridized carbons (Fsp3) is 0.308. The lowest BCUT2D eigenvalue weighted by Crippen LogP contribution is -2.31. The summed E-state index contributed by atoms with van der Waals surface area (Å²) in [6, 6.07) is 4.91. The molecule has 110 valence electrons. The predicted octanol–water partition coefficient (Wildman–Crippen LogP) is 3.46. The second-order valence-corrected chi connectivity index (χ2v) is 7.77. The number of carbonyl (C=O) groups excluding carboxylic acids is 2. The van der Waals surface area contributed by atoms with E-state index in [4.69, 9.17) is 23.2 Å². The van der Waals surface area contributed by atoms with Crippen LogP contribution < -0.4 is 4.90 Å². The SMILES string of the molecule is O=C1C[C@H](SC2=NCCS2)C(=O)N1c1cccc(Cl)c1Cl. The number of halogens is 2. The zero-order valence-corrected chi connectivity index (χ0v) is 13.9. The van der Waals surface area contributed by atoms with Crippen LogP contribution in [0.1, 0.15) is 6.42 Å². The van der Waals surface area contributed by atoms with Crippen LogP contribution in [0.4, 0.5) is 5.69 Å². The van der Waals surface area contributed by atoms with Crippen molar-refractivity contribution >= 4 is 68.6 Å². The summed E-state index contributed by atoms with van der Waals surface area (Å²) in [5.41, 5.74) is 0.350. The maximum Gasteiger partial charge on any atom is 0.247 e. The van der Waals surface area contributed by atoms with Gasteiger partial charge in [-0.05, 0) is 12.1 Å². The van der Waals surface area contributed by atoms with Gasteiger partial charge in [0.25, 0.3) is 0 Å². The maximum absolute atomic E-state index is 12.5. The number of amides is 2. The van der Waals surface area contributed by atoms with Crippen LogP contribution >= 0.6 is 46.7 Å². The van der Waals surface area contributed by atoms with E-state index in [2.05, 4.69) is 4.99 Å². The van der Waals surface area contributed by atoms with E-state index in [1.807, 2.05) is 0 Å². The molecule has 0 unspecified atom stereocenters. The average Bonchev–Trinajstić information content (AvgIpc) is 3.04. The molecule has 0 radical (unpaired) electrons. The van der Waals surface area contributed by atoms with Gasteiger partial charge in [-0.25, -0.2) is 4.90 Å². The molecule has 1 atom stereocenters. The Bertz CT molecular complexity index is 651. The van der Waals surface area contributed by atoms with Crippen LogP contribution in [0.3, 0.4) is 0 Å². The Labute approximate surface area is 140 Å². The first-order valence-corrected chi connectivity index (χ1v) is 8.85. The summed E-state index contributed by atoms with van der Waals surface area (Å²) >= 11 is 15.0. The van der Waals surface area contributed by atoms with Gasteiger partial charge in [-0.2, -0.15) is 0 Å². The molecule has 1 saturated heterocycles. The molecule has 1 fully saturated rings. The van der Waals surface area contributed by atoms with Crippen LogP contribution in [0, 0.1) is 0 Å². The van der Waals surface area contributed by atoms with Crippen LogP contribution in [0.2, 0.25) is 10.0 Å². The highest BCUT2D eigenvalue weighted by Crippen LogP contribution is 2.38. The van der Waals surface area contributed by atoms with Gasteiger partial charge in [0.1, 0.15) is 9.63 Å². The highest BCUT2D eigenvalue weighted by atomic mass is 35.5. The van der Waals surface area contributed by atoms with E-state index < -0.39 is 5.25 Å². The number of hydrogen-bond acceptors (Lipinski definition) is 5. The second kappa shape index (κ2) is 6.20. The molecule has 0 bridgehead atoms. The topological polar surface area (TPSA) is 49.7 Å². The van der Waals surface area contributed by atoms with Crippen molar-refractivity contribution in [2.45, 2.75) is 11.7 Å². The van der Waals surface area contributed by atoms with E-state index in [1.165, 1.54) is 11.8 Å². The maximum atomic E-state index is 12.5. The lowest BCUT2D eigenvalue weighted by molar-refractivity contribution is -0.121. The van der Waals surface area contributed by atoms with Crippen molar-refractivity contribution in [2.24, 2.45) is 4.99 Å². The summed E-state index contributed by atoms with van der Waals surface area (Å²) in [7, 11) is 0. The summed E-state index contributed by atoms with van der Waals surface area (Å²) in [5.74, 6) is 0.413. The molecular weight excluding hydrogens is 351 g/mol. The molecule has 8 heteroatoms. The summed E-state index contributed by atoms with van der Waals surface area (Å²) in [6.07, 6.45) is 0.159. The van der Waals surface area contributed by atoms with E-state index in [-0.39, 0.29) is 23.3 Å². The first-order valence-electron chi connectivity index (χ1n) is 6.22. The molecule has 0 spiro atoms. The monoisotopic (exact) mass is 360 g/mol. The van der Waals surface area contributed by atoms with Crippen molar-refractivity contribution in [2.75, 3.05) is 17.2 Å². The van der Waals surface area contributed by atoms with Gasteiger partial charge in [-0.15, -0.1) is 0 Å². The van der Waals surface area contributed by atoms with Gasteiger partial charge in [0.15, 0.2) is 0 Å². The molecule has 2 heterocycles. The first kappa shape index (κ1) is 15.2. The summed E-state index contributed by atoms with van der Waals surface area (Å²) < 4.78 is 0.875. The Morgan fingerprint density at radius 2 is 2.14 bits per heavy atom. The molecule has 0 N–H and O–H groups in total. The number of nitrogens with zero attached hydrogens (tertiary/aromatic N) is 2. The quantitative estimate of drug-likeness (QED) is 0.757. The summed E-state index contributed by atoms with van der Waals surface area (Å²) in [5, 5.41) is 0.109. The van der Waals surface area contributed by atoms with E-state index in [0.717, 1.165) is 21.6 Å². The van der Waals surface area contributed by atoms with Crippen LogP contribution in [-0.2, 0) is 9.59 Å². The number of anilines is 1. The molecule has 21 heavy (non-hydrogen) atoms. The van der Waals surface area contributed by atoms with Gasteiger partial charge in [0.2, 0.25) is 11.8 Å². The standard InChI is InChI=1S/C13H10Cl2N2O2S2/c14-7-2-1-3-8(11(7)15)17-10(18)6-9(12(17)19)21-13-16-4-5-20-13/h1-3,9H,4-6H2/t9-/m0/s1. The Morgan fingerprint density at radius 1 is 1.33 bits per heavy atom. The lowest BCUT2D eigenvalue weighted by atomic mass is 10.3. The molecular formula is C13H10Cl2N2O2S2. The number of carbonyl (C=O) groups is 2. The highest BCUT2D eigenvalue weighted by molar-refractivity contribution is 8.39. The Morgan fingerprint density at radius 3 is 2.86 bits per heavy atom. The molecule has 1 aromatic carbocycles. The molecule has 2 aliphatic heterocycles. The van der Waals surface area contributed by atoms with E-state index in [1.54, 1.807) is 30.0 Å². The Hall–Kier alpha value is -0.690.